The number of aryl methyl sites for hydroxylation is 3. The lowest BCUT2D eigenvalue weighted by Gasteiger charge is -2.02. The van der Waals surface area contributed by atoms with Gasteiger partial charge in [0.05, 0.1) is 0 Å². The Morgan fingerprint density at radius 1 is 1.29 bits per heavy atom. The fourth-order valence-electron chi connectivity index (χ4n) is 1.85. The van der Waals surface area contributed by atoms with Crippen molar-refractivity contribution in [2.45, 2.75) is 20.3 Å². The van der Waals surface area contributed by atoms with Crippen molar-refractivity contribution in [1.29, 1.82) is 0 Å². The molecule has 0 amide bonds. The molecule has 0 aliphatic heterocycles. The lowest BCUT2D eigenvalue weighted by Crippen LogP contribution is -2.08. The summed E-state index contributed by atoms with van der Waals surface area (Å²) in [5.41, 5.74) is 9.07. The highest BCUT2D eigenvalue weighted by molar-refractivity contribution is 5.60. The highest BCUT2D eigenvalue weighted by atomic mass is 15.3. The lowest BCUT2D eigenvalue weighted by molar-refractivity contribution is 0.697. The van der Waals surface area contributed by atoms with Crippen LogP contribution in [0.4, 0.5) is 0 Å². The average molecular weight is 230 g/mol. The van der Waals surface area contributed by atoms with Gasteiger partial charge in [0.15, 0.2) is 5.82 Å². The van der Waals surface area contributed by atoms with Crippen LogP contribution >= 0.6 is 0 Å². The molecule has 2 aromatic rings. The summed E-state index contributed by atoms with van der Waals surface area (Å²) in [4.78, 5) is 4.54. The zero-order valence-electron chi connectivity index (χ0n) is 10.6. The van der Waals surface area contributed by atoms with Gasteiger partial charge >= 0.3 is 0 Å². The van der Waals surface area contributed by atoms with Crippen molar-refractivity contribution in [3.05, 3.63) is 35.2 Å². The molecule has 0 aliphatic carbocycles. The number of nitrogens with zero attached hydrogens (tertiary/aromatic N) is 3. The van der Waals surface area contributed by atoms with Gasteiger partial charge in [-0.2, -0.15) is 5.10 Å². The van der Waals surface area contributed by atoms with Crippen LogP contribution in [-0.2, 0) is 13.5 Å². The monoisotopic (exact) mass is 230 g/mol. The molecule has 0 aliphatic rings. The molecule has 1 aromatic carbocycles. The third-order valence-electron chi connectivity index (χ3n) is 2.86. The highest BCUT2D eigenvalue weighted by Gasteiger charge is 2.10. The number of benzene rings is 1. The maximum atomic E-state index is 5.55. The topological polar surface area (TPSA) is 56.7 Å². The summed E-state index contributed by atoms with van der Waals surface area (Å²) in [5, 5.41) is 4.45. The third-order valence-corrected chi connectivity index (χ3v) is 2.86. The Balaban J connectivity index is 2.45. The molecule has 1 heterocycles. The smallest absolute Gasteiger partial charge is 0.181 e. The predicted molar refractivity (Wildman–Crippen MR) is 68.7 cm³/mol. The molecule has 0 saturated carbocycles. The molecule has 0 spiro atoms. The minimum absolute atomic E-state index is 0.596. The van der Waals surface area contributed by atoms with E-state index in [9.17, 15) is 0 Å². The molecule has 2 N–H and O–H groups in total. The summed E-state index contributed by atoms with van der Waals surface area (Å²) in [5.74, 6) is 1.72. The second kappa shape index (κ2) is 4.67. The fraction of sp³-hybridized carbons (Fsp3) is 0.385. The van der Waals surface area contributed by atoms with Gasteiger partial charge in [0.25, 0.3) is 0 Å². The zero-order valence-corrected chi connectivity index (χ0v) is 10.6. The molecule has 0 fully saturated rings. The molecule has 0 saturated heterocycles. The molecule has 0 radical (unpaired) electrons. The van der Waals surface area contributed by atoms with Crippen molar-refractivity contribution in [2.75, 3.05) is 6.54 Å². The molecule has 0 unspecified atom stereocenters. The quantitative estimate of drug-likeness (QED) is 0.871. The standard InChI is InChI=1S/C13H18N4/c1-9-4-5-10(2)11(8-9)13-15-12(6-7-14)17(3)16-13/h4-5,8H,6-7,14H2,1-3H3. The molecular weight excluding hydrogens is 212 g/mol. The van der Waals surface area contributed by atoms with Crippen LogP contribution in [0, 0.1) is 13.8 Å². The Morgan fingerprint density at radius 2 is 2.06 bits per heavy atom. The van der Waals surface area contributed by atoms with Gasteiger partial charge in [-0.3, -0.25) is 4.68 Å². The van der Waals surface area contributed by atoms with Crippen LogP contribution in [0.25, 0.3) is 11.4 Å². The van der Waals surface area contributed by atoms with Crippen LogP contribution in [0.5, 0.6) is 0 Å². The lowest BCUT2D eigenvalue weighted by atomic mass is 10.1. The van der Waals surface area contributed by atoms with Crippen molar-refractivity contribution in [1.82, 2.24) is 14.8 Å². The fourth-order valence-corrected chi connectivity index (χ4v) is 1.85. The van der Waals surface area contributed by atoms with E-state index in [1.165, 1.54) is 11.1 Å². The number of aromatic nitrogens is 3. The van der Waals surface area contributed by atoms with E-state index in [1.54, 1.807) is 0 Å². The van der Waals surface area contributed by atoms with E-state index < -0.39 is 0 Å². The van der Waals surface area contributed by atoms with Crippen LogP contribution in [0.2, 0.25) is 0 Å². The van der Waals surface area contributed by atoms with Gasteiger partial charge < -0.3 is 5.73 Å². The van der Waals surface area contributed by atoms with E-state index in [4.69, 9.17) is 5.73 Å². The van der Waals surface area contributed by atoms with Gasteiger partial charge in [0.1, 0.15) is 5.82 Å². The first kappa shape index (κ1) is 11.8. The van der Waals surface area contributed by atoms with E-state index in [2.05, 4.69) is 42.1 Å². The second-order valence-electron chi connectivity index (χ2n) is 4.33. The summed E-state index contributed by atoms with van der Waals surface area (Å²) in [7, 11) is 1.91. The first-order valence-electron chi connectivity index (χ1n) is 5.79. The van der Waals surface area contributed by atoms with Gasteiger partial charge in [-0.1, -0.05) is 17.7 Å². The second-order valence-corrected chi connectivity index (χ2v) is 4.33. The molecule has 2 rings (SSSR count). The van der Waals surface area contributed by atoms with Gasteiger partial charge in [-0.05, 0) is 32.0 Å². The average Bonchev–Trinajstić information content (AvgIpc) is 2.64. The first-order valence-corrected chi connectivity index (χ1v) is 5.79. The SMILES string of the molecule is Cc1ccc(C)c(-c2nc(CCN)n(C)n2)c1. The maximum absolute atomic E-state index is 5.55. The number of rotatable bonds is 3. The largest absolute Gasteiger partial charge is 0.330 e. The summed E-state index contributed by atoms with van der Waals surface area (Å²) >= 11 is 0. The van der Waals surface area contributed by atoms with E-state index in [0.717, 1.165) is 23.6 Å². The Bertz CT molecular complexity index is 528. The Kier molecular flexibility index (Phi) is 3.24. The Labute approximate surface area is 101 Å². The summed E-state index contributed by atoms with van der Waals surface area (Å²) in [6, 6.07) is 6.32. The molecule has 4 nitrogen and oxygen atoms in total. The van der Waals surface area contributed by atoms with Crippen molar-refractivity contribution in [2.24, 2.45) is 12.8 Å². The van der Waals surface area contributed by atoms with Gasteiger partial charge in [-0.25, -0.2) is 4.98 Å². The Morgan fingerprint density at radius 3 is 2.76 bits per heavy atom. The number of nitrogens with two attached hydrogens (primary N) is 1. The van der Waals surface area contributed by atoms with Crippen LogP contribution in [0.15, 0.2) is 18.2 Å². The number of hydrogen-bond donors (Lipinski definition) is 1. The third kappa shape index (κ3) is 2.36. The molecule has 1 aromatic heterocycles. The van der Waals surface area contributed by atoms with Crippen molar-refractivity contribution in [3.8, 4) is 11.4 Å². The van der Waals surface area contributed by atoms with E-state index >= 15 is 0 Å². The normalized spacial score (nSPS) is 10.8. The minimum atomic E-state index is 0.596. The van der Waals surface area contributed by atoms with E-state index in [0.29, 0.717) is 6.54 Å². The highest BCUT2D eigenvalue weighted by Crippen LogP contribution is 2.21. The van der Waals surface area contributed by atoms with Crippen LogP contribution in [-0.4, -0.2) is 21.3 Å². The van der Waals surface area contributed by atoms with E-state index in [1.807, 2.05) is 11.7 Å². The van der Waals surface area contributed by atoms with Crippen molar-refractivity contribution >= 4 is 0 Å². The van der Waals surface area contributed by atoms with Gasteiger partial charge in [0.2, 0.25) is 0 Å². The van der Waals surface area contributed by atoms with Crippen LogP contribution in [0.3, 0.4) is 0 Å². The molecule has 17 heavy (non-hydrogen) atoms. The molecule has 0 bridgehead atoms. The molecule has 90 valence electrons. The summed E-state index contributed by atoms with van der Waals surface area (Å²) in [6.45, 7) is 4.75. The number of hydrogen-bond acceptors (Lipinski definition) is 3. The first-order chi connectivity index (χ1) is 8.11. The predicted octanol–water partition coefficient (Wildman–Crippen LogP) is 1.60. The molecular formula is C13H18N4. The summed E-state index contributed by atoms with van der Waals surface area (Å²) < 4.78 is 1.81. The van der Waals surface area contributed by atoms with Crippen LogP contribution < -0.4 is 5.73 Å². The minimum Gasteiger partial charge on any atom is -0.330 e. The van der Waals surface area contributed by atoms with Crippen LogP contribution in [0.1, 0.15) is 17.0 Å². The zero-order chi connectivity index (χ0) is 12.4. The van der Waals surface area contributed by atoms with Gasteiger partial charge in [0, 0.05) is 19.0 Å². The van der Waals surface area contributed by atoms with Gasteiger partial charge in [-0.15, -0.1) is 0 Å². The summed E-state index contributed by atoms with van der Waals surface area (Å²) in [6.07, 6.45) is 0.758. The molecule has 0 atom stereocenters. The van der Waals surface area contributed by atoms with Crippen molar-refractivity contribution in [3.63, 3.8) is 0 Å². The molecule has 4 heteroatoms. The Hall–Kier alpha value is -1.68. The van der Waals surface area contributed by atoms with Crippen molar-refractivity contribution < 1.29 is 0 Å². The maximum Gasteiger partial charge on any atom is 0.181 e. The van der Waals surface area contributed by atoms with E-state index in [-0.39, 0.29) is 0 Å².